The second-order valence-corrected chi connectivity index (χ2v) is 14.0. The van der Waals surface area contributed by atoms with Crippen LogP contribution in [0.15, 0.2) is 210 Å². The van der Waals surface area contributed by atoms with Crippen LogP contribution in [0.3, 0.4) is 0 Å². The largest absolute Gasteiger partial charge is 0.455 e. The van der Waals surface area contributed by atoms with Gasteiger partial charge < -0.3 is 9.73 Å². The molecule has 2 atom stereocenters. The molecule has 262 valence electrons. The van der Waals surface area contributed by atoms with E-state index in [4.69, 9.17) is 9.41 Å². The van der Waals surface area contributed by atoms with Crippen molar-refractivity contribution in [1.82, 2.24) is 10.6 Å². The second-order valence-electron chi connectivity index (χ2n) is 14.0. The summed E-state index contributed by atoms with van der Waals surface area (Å²) in [6.07, 6.45) is -0.485. The lowest BCUT2D eigenvalue weighted by atomic mass is 9.97. The molecule has 0 saturated heterocycles. The number of furan rings is 1. The van der Waals surface area contributed by atoms with Crippen molar-refractivity contribution < 1.29 is 4.42 Å². The molecule has 9 aromatic rings. The molecule has 0 amide bonds. The Bertz CT molecular complexity index is 2770. The van der Waals surface area contributed by atoms with E-state index in [1.807, 2.05) is 18.2 Å². The average molecular weight is 708 g/mol. The minimum atomic E-state index is -0.250. The molecule has 8 aromatic carbocycles. The van der Waals surface area contributed by atoms with Gasteiger partial charge in [0.05, 0.1) is 0 Å². The summed E-state index contributed by atoms with van der Waals surface area (Å²) < 4.78 is 6.71. The van der Waals surface area contributed by atoms with Gasteiger partial charge in [0.25, 0.3) is 0 Å². The highest BCUT2D eigenvalue weighted by molar-refractivity contribution is 6.11. The zero-order valence-electron chi connectivity index (χ0n) is 30.1. The summed E-state index contributed by atoms with van der Waals surface area (Å²) in [5, 5.41) is 9.77. The van der Waals surface area contributed by atoms with E-state index in [1.165, 1.54) is 27.8 Å². The van der Waals surface area contributed by atoms with Gasteiger partial charge in [0.15, 0.2) is 0 Å². The molecule has 1 aliphatic rings. The molecule has 55 heavy (non-hydrogen) atoms. The normalized spacial score (nSPS) is 15.5. The van der Waals surface area contributed by atoms with Gasteiger partial charge in [-0.3, -0.25) is 5.32 Å². The van der Waals surface area contributed by atoms with E-state index in [0.717, 1.165) is 61.2 Å². The molecule has 1 aliphatic heterocycles. The number of benzene rings is 8. The standard InChI is InChI=1S/C51H37N3O/c1-4-12-34(13-5-1)36-22-24-38(25-23-36)39-28-32-42(33-29-39)50-52-49(41-16-8-3-9-17-41)53-51(54-50)45-20-11-21-46-47(45)44-19-10-18-43(48(44)55-46)40-30-26-37(27-31-40)35-14-6-2-7-15-35/h1-33,49,51,53H,(H,52,54). The third-order valence-electron chi connectivity index (χ3n) is 10.6. The summed E-state index contributed by atoms with van der Waals surface area (Å²) in [4.78, 5) is 5.23. The predicted octanol–water partition coefficient (Wildman–Crippen LogP) is 12.6. The number of hydrogen-bond acceptors (Lipinski definition) is 4. The van der Waals surface area contributed by atoms with Crippen molar-refractivity contribution in [2.75, 3.05) is 0 Å². The maximum Gasteiger partial charge on any atom is 0.143 e. The van der Waals surface area contributed by atoms with Crippen LogP contribution in [0.5, 0.6) is 0 Å². The quantitative estimate of drug-likeness (QED) is 0.173. The number of para-hydroxylation sites is 1. The minimum absolute atomic E-state index is 0.235. The molecule has 10 rings (SSSR count). The summed E-state index contributed by atoms with van der Waals surface area (Å²) in [5.74, 6) is 0.840. The van der Waals surface area contributed by atoms with Crippen molar-refractivity contribution in [1.29, 1.82) is 0 Å². The first kappa shape index (κ1) is 32.6. The lowest BCUT2D eigenvalue weighted by Gasteiger charge is -2.32. The highest BCUT2D eigenvalue weighted by atomic mass is 16.3. The van der Waals surface area contributed by atoms with Gasteiger partial charge in [-0.25, -0.2) is 4.99 Å². The van der Waals surface area contributed by atoms with Gasteiger partial charge in [-0.15, -0.1) is 0 Å². The first-order valence-corrected chi connectivity index (χ1v) is 18.8. The fourth-order valence-corrected chi connectivity index (χ4v) is 7.79. The molecule has 0 bridgehead atoms. The van der Waals surface area contributed by atoms with Gasteiger partial charge in [0.2, 0.25) is 0 Å². The smallest absolute Gasteiger partial charge is 0.143 e. The Labute approximate surface area is 320 Å². The van der Waals surface area contributed by atoms with E-state index >= 15 is 0 Å². The van der Waals surface area contributed by atoms with Gasteiger partial charge in [-0.05, 0) is 50.6 Å². The van der Waals surface area contributed by atoms with Crippen molar-refractivity contribution >= 4 is 27.8 Å². The van der Waals surface area contributed by atoms with Gasteiger partial charge in [0, 0.05) is 27.5 Å². The Kier molecular flexibility index (Phi) is 8.36. The average Bonchev–Trinajstić information content (AvgIpc) is 3.67. The number of aliphatic imine (C=N–C) groups is 1. The van der Waals surface area contributed by atoms with Gasteiger partial charge in [0.1, 0.15) is 29.3 Å². The van der Waals surface area contributed by atoms with Crippen molar-refractivity contribution in [2.45, 2.75) is 12.3 Å². The second kappa shape index (κ2) is 14.1. The van der Waals surface area contributed by atoms with Crippen molar-refractivity contribution in [3.63, 3.8) is 0 Å². The van der Waals surface area contributed by atoms with E-state index in [-0.39, 0.29) is 12.3 Å². The van der Waals surface area contributed by atoms with E-state index < -0.39 is 0 Å². The monoisotopic (exact) mass is 707 g/mol. The third kappa shape index (κ3) is 6.29. The number of hydrogen-bond donors (Lipinski definition) is 2. The van der Waals surface area contributed by atoms with Gasteiger partial charge in [-0.2, -0.15) is 0 Å². The van der Waals surface area contributed by atoms with E-state index in [0.29, 0.717) is 0 Å². The van der Waals surface area contributed by atoms with Crippen LogP contribution < -0.4 is 10.6 Å². The maximum atomic E-state index is 6.71. The zero-order valence-corrected chi connectivity index (χ0v) is 30.1. The number of fused-ring (bicyclic) bond motifs is 3. The van der Waals surface area contributed by atoms with Crippen LogP contribution in [-0.2, 0) is 0 Å². The number of nitrogens with zero attached hydrogens (tertiary/aromatic N) is 1. The lowest BCUT2D eigenvalue weighted by molar-refractivity contribution is 0.411. The van der Waals surface area contributed by atoms with E-state index in [9.17, 15) is 0 Å². The first-order chi connectivity index (χ1) is 27.2. The first-order valence-electron chi connectivity index (χ1n) is 18.8. The Morgan fingerprint density at radius 2 is 0.909 bits per heavy atom. The molecule has 4 nitrogen and oxygen atoms in total. The summed E-state index contributed by atoms with van der Waals surface area (Å²) in [6.45, 7) is 0. The SMILES string of the molecule is c1ccc(-c2ccc(-c3ccc(C4=NC(c5ccccc5)NC(c5cccc6oc7c(-c8ccc(-c9ccccc9)cc8)cccc7c56)N4)cc3)cc2)cc1. The summed E-state index contributed by atoms with van der Waals surface area (Å²) >= 11 is 0. The molecule has 1 aromatic heterocycles. The molecule has 0 spiro atoms. The van der Waals surface area contributed by atoms with Crippen molar-refractivity contribution in [3.8, 4) is 44.5 Å². The van der Waals surface area contributed by atoms with E-state index in [2.05, 4.69) is 193 Å². The van der Waals surface area contributed by atoms with Crippen molar-refractivity contribution in [3.05, 3.63) is 217 Å². The zero-order chi connectivity index (χ0) is 36.6. The highest BCUT2D eigenvalue weighted by Gasteiger charge is 2.28. The fourth-order valence-electron chi connectivity index (χ4n) is 7.79. The highest BCUT2D eigenvalue weighted by Crippen LogP contribution is 2.40. The molecule has 2 unspecified atom stereocenters. The van der Waals surface area contributed by atoms with Gasteiger partial charge >= 0.3 is 0 Å². The van der Waals surface area contributed by atoms with E-state index in [1.54, 1.807) is 0 Å². The van der Waals surface area contributed by atoms with Crippen LogP contribution >= 0.6 is 0 Å². The molecule has 0 saturated carbocycles. The minimum Gasteiger partial charge on any atom is -0.455 e. The number of amidine groups is 1. The molecule has 2 heterocycles. The molecule has 2 N–H and O–H groups in total. The molecular formula is C51H37N3O. The molecule has 0 radical (unpaired) electrons. The van der Waals surface area contributed by atoms with Crippen LogP contribution in [-0.4, -0.2) is 5.84 Å². The Morgan fingerprint density at radius 3 is 1.49 bits per heavy atom. The summed E-state index contributed by atoms with van der Waals surface area (Å²) in [5.41, 5.74) is 14.3. The topological polar surface area (TPSA) is 49.6 Å². The predicted molar refractivity (Wildman–Crippen MR) is 227 cm³/mol. The number of nitrogens with one attached hydrogen (secondary N) is 2. The van der Waals surface area contributed by atoms with Crippen molar-refractivity contribution in [2.24, 2.45) is 4.99 Å². The van der Waals surface area contributed by atoms with Crippen LogP contribution in [0.1, 0.15) is 29.0 Å². The third-order valence-corrected chi connectivity index (χ3v) is 10.6. The summed E-state index contributed by atoms with van der Waals surface area (Å²) in [6, 6.07) is 70.4. The number of rotatable bonds is 7. The summed E-state index contributed by atoms with van der Waals surface area (Å²) in [7, 11) is 0. The Morgan fingerprint density at radius 1 is 0.418 bits per heavy atom. The Balaban J connectivity index is 0.995. The Hall–Kier alpha value is -7.01. The lowest BCUT2D eigenvalue weighted by Crippen LogP contribution is -2.45. The van der Waals surface area contributed by atoms with Gasteiger partial charge in [-0.1, -0.05) is 194 Å². The molecular weight excluding hydrogens is 671 g/mol. The van der Waals surface area contributed by atoms with Crippen LogP contribution in [0.25, 0.3) is 66.4 Å². The maximum absolute atomic E-state index is 6.71. The van der Waals surface area contributed by atoms with Crippen LogP contribution in [0, 0.1) is 0 Å². The van der Waals surface area contributed by atoms with Crippen LogP contribution in [0.4, 0.5) is 0 Å². The molecule has 0 fully saturated rings. The van der Waals surface area contributed by atoms with Crippen LogP contribution in [0.2, 0.25) is 0 Å². The molecule has 0 aliphatic carbocycles. The molecule has 4 heteroatoms. The fraction of sp³-hybridized carbons (Fsp3) is 0.0392.